The molecule has 2 amide bonds. The number of hydrogen-bond acceptors (Lipinski definition) is 6. The molecule has 2 N–H and O–H groups in total. The number of nitrogens with one attached hydrogen (secondary N) is 2. The van der Waals surface area contributed by atoms with E-state index in [0.717, 1.165) is 5.01 Å². The van der Waals surface area contributed by atoms with E-state index in [-0.39, 0.29) is 18.2 Å². The molecule has 0 radical (unpaired) electrons. The molecule has 0 aromatic carbocycles. The van der Waals surface area contributed by atoms with E-state index in [1.807, 2.05) is 18.4 Å². The number of rotatable bonds is 5. The molecule has 0 bridgehead atoms. The standard InChI is InChI=1S/C11H12N4O2S2/c1-7-14-15-11(19-7)13-9(16)4-5-12-10(17)8-3-2-6-18-8/h2-3,6H,4-5H2,1H3,(H,12,17)(H,13,15,16). The minimum absolute atomic E-state index is 0.158. The van der Waals surface area contributed by atoms with Gasteiger partial charge in [-0.25, -0.2) is 0 Å². The summed E-state index contributed by atoms with van der Waals surface area (Å²) in [6, 6.07) is 3.55. The Balaban J connectivity index is 1.71. The Labute approximate surface area is 117 Å². The van der Waals surface area contributed by atoms with Gasteiger partial charge in [0.2, 0.25) is 11.0 Å². The molecule has 0 saturated heterocycles. The Bertz CT molecular complexity index is 565. The topological polar surface area (TPSA) is 84.0 Å². The first-order valence-electron chi connectivity index (χ1n) is 5.57. The zero-order valence-electron chi connectivity index (χ0n) is 10.2. The van der Waals surface area contributed by atoms with Gasteiger partial charge in [0.1, 0.15) is 5.01 Å². The van der Waals surface area contributed by atoms with Crippen molar-refractivity contribution in [1.29, 1.82) is 0 Å². The third-order valence-electron chi connectivity index (χ3n) is 2.15. The predicted octanol–water partition coefficient (Wildman–Crippen LogP) is 1.67. The average Bonchev–Trinajstić information content (AvgIpc) is 3.00. The number of nitrogens with zero attached hydrogens (tertiary/aromatic N) is 2. The van der Waals surface area contributed by atoms with Crippen molar-refractivity contribution in [2.75, 3.05) is 11.9 Å². The highest BCUT2D eigenvalue weighted by atomic mass is 32.1. The highest BCUT2D eigenvalue weighted by molar-refractivity contribution is 7.15. The lowest BCUT2D eigenvalue weighted by molar-refractivity contribution is -0.116. The van der Waals surface area contributed by atoms with Gasteiger partial charge < -0.3 is 10.6 Å². The van der Waals surface area contributed by atoms with Crippen LogP contribution >= 0.6 is 22.7 Å². The van der Waals surface area contributed by atoms with Crippen LogP contribution in [0.25, 0.3) is 0 Å². The van der Waals surface area contributed by atoms with Crippen molar-refractivity contribution in [2.24, 2.45) is 0 Å². The van der Waals surface area contributed by atoms with Crippen molar-refractivity contribution in [3.05, 3.63) is 27.4 Å². The minimum atomic E-state index is -0.192. The third-order valence-corrected chi connectivity index (χ3v) is 3.78. The summed E-state index contributed by atoms with van der Waals surface area (Å²) in [6.45, 7) is 2.11. The summed E-state index contributed by atoms with van der Waals surface area (Å²) in [5.74, 6) is -0.350. The van der Waals surface area contributed by atoms with E-state index in [9.17, 15) is 9.59 Å². The second kappa shape index (κ2) is 6.39. The molecule has 19 heavy (non-hydrogen) atoms. The van der Waals surface area contributed by atoms with Gasteiger partial charge in [0.25, 0.3) is 5.91 Å². The van der Waals surface area contributed by atoms with Crippen LogP contribution in [-0.2, 0) is 4.79 Å². The summed E-state index contributed by atoms with van der Waals surface area (Å²) in [7, 11) is 0. The Morgan fingerprint density at radius 2 is 2.21 bits per heavy atom. The minimum Gasteiger partial charge on any atom is -0.351 e. The average molecular weight is 296 g/mol. The molecular formula is C11H12N4O2S2. The molecule has 0 saturated carbocycles. The Morgan fingerprint density at radius 3 is 2.84 bits per heavy atom. The molecule has 2 aromatic heterocycles. The number of thiophene rings is 1. The maximum absolute atomic E-state index is 11.6. The lowest BCUT2D eigenvalue weighted by atomic mass is 10.4. The van der Waals surface area contributed by atoms with E-state index >= 15 is 0 Å². The van der Waals surface area contributed by atoms with Crippen LogP contribution in [0.15, 0.2) is 17.5 Å². The van der Waals surface area contributed by atoms with Crippen LogP contribution in [0.3, 0.4) is 0 Å². The maximum atomic E-state index is 11.6. The molecule has 0 aliphatic carbocycles. The van der Waals surface area contributed by atoms with Gasteiger partial charge in [0, 0.05) is 13.0 Å². The Morgan fingerprint density at radius 1 is 1.37 bits per heavy atom. The lowest BCUT2D eigenvalue weighted by Gasteiger charge is -2.03. The van der Waals surface area contributed by atoms with Gasteiger partial charge in [0.15, 0.2) is 0 Å². The molecular weight excluding hydrogens is 284 g/mol. The number of aromatic nitrogens is 2. The highest BCUT2D eigenvalue weighted by Crippen LogP contribution is 2.13. The van der Waals surface area contributed by atoms with Crippen molar-refractivity contribution in [3.8, 4) is 0 Å². The van der Waals surface area contributed by atoms with Gasteiger partial charge in [-0.15, -0.1) is 21.5 Å². The van der Waals surface area contributed by atoms with E-state index in [0.29, 0.717) is 16.6 Å². The molecule has 2 heterocycles. The number of amides is 2. The summed E-state index contributed by atoms with van der Waals surface area (Å²) in [4.78, 5) is 23.8. The molecule has 0 aliphatic rings. The first-order chi connectivity index (χ1) is 9.15. The van der Waals surface area contributed by atoms with E-state index in [1.165, 1.54) is 22.7 Å². The molecule has 8 heteroatoms. The van der Waals surface area contributed by atoms with Gasteiger partial charge >= 0.3 is 0 Å². The second-order valence-electron chi connectivity index (χ2n) is 3.66. The van der Waals surface area contributed by atoms with E-state index in [1.54, 1.807) is 6.07 Å². The number of hydrogen-bond donors (Lipinski definition) is 2. The van der Waals surface area contributed by atoms with E-state index in [2.05, 4.69) is 20.8 Å². The highest BCUT2D eigenvalue weighted by Gasteiger charge is 2.08. The molecule has 0 unspecified atom stereocenters. The third kappa shape index (κ3) is 4.11. The fraction of sp³-hybridized carbons (Fsp3) is 0.273. The SMILES string of the molecule is Cc1nnc(NC(=O)CCNC(=O)c2cccs2)s1. The van der Waals surface area contributed by atoms with Crippen LogP contribution in [0.4, 0.5) is 5.13 Å². The number of carbonyl (C=O) groups is 2. The van der Waals surface area contributed by atoms with E-state index < -0.39 is 0 Å². The summed E-state index contributed by atoms with van der Waals surface area (Å²) >= 11 is 2.68. The number of aryl methyl sites for hydroxylation is 1. The van der Waals surface area contributed by atoms with Crippen LogP contribution < -0.4 is 10.6 Å². The molecule has 6 nitrogen and oxygen atoms in total. The lowest BCUT2D eigenvalue weighted by Crippen LogP contribution is -2.27. The van der Waals surface area contributed by atoms with Gasteiger partial charge in [-0.1, -0.05) is 17.4 Å². The van der Waals surface area contributed by atoms with Crippen LogP contribution in [0, 0.1) is 6.92 Å². The summed E-state index contributed by atoms with van der Waals surface area (Å²) < 4.78 is 0. The predicted molar refractivity (Wildman–Crippen MR) is 74.5 cm³/mol. The monoisotopic (exact) mass is 296 g/mol. The molecule has 0 fully saturated rings. The largest absolute Gasteiger partial charge is 0.351 e. The van der Waals surface area contributed by atoms with Crippen molar-refractivity contribution in [3.63, 3.8) is 0 Å². The van der Waals surface area contributed by atoms with Crippen LogP contribution in [0.1, 0.15) is 21.1 Å². The quantitative estimate of drug-likeness (QED) is 0.879. The zero-order chi connectivity index (χ0) is 13.7. The molecule has 0 atom stereocenters. The normalized spacial score (nSPS) is 10.2. The van der Waals surface area contributed by atoms with Crippen molar-refractivity contribution < 1.29 is 9.59 Å². The van der Waals surface area contributed by atoms with Crippen LogP contribution in [0.5, 0.6) is 0 Å². The first-order valence-corrected chi connectivity index (χ1v) is 7.26. The van der Waals surface area contributed by atoms with Crippen LogP contribution in [-0.4, -0.2) is 28.6 Å². The van der Waals surface area contributed by atoms with Crippen LogP contribution in [0.2, 0.25) is 0 Å². The number of carbonyl (C=O) groups excluding carboxylic acids is 2. The summed E-state index contributed by atoms with van der Waals surface area (Å²) in [5, 5.41) is 16.0. The molecule has 100 valence electrons. The molecule has 2 rings (SSSR count). The fourth-order valence-corrected chi connectivity index (χ4v) is 2.56. The molecule has 2 aromatic rings. The van der Waals surface area contributed by atoms with Gasteiger partial charge in [-0.3, -0.25) is 9.59 Å². The Kier molecular flexibility index (Phi) is 4.58. The molecule has 0 spiro atoms. The van der Waals surface area contributed by atoms with Crippen molar-refractivity contribution in [1.82, 2.24) is 15.5 Å². The summed E-state index contributed by atoms with van der Waals surface area (Å²) in [5.41, 5.74) is 0. The van der Waals surface area contributed by atoms with Gasteiger partial charge in [-0.2, -0.15) is 0 Å². The van der Waals surface area contributed by atoms with Crippen molar-refractivity contribution in [2.45, 2.75) is 13.3 Å². The second-order valence-corrected chi connectivity index (χ2v) is 5.79. The first kappa shape index (κ1) is 13.6. The van der Waals surface area contributed by atoms with E-state index in [4.69, 9.17) is 0 Å². The smallest absolute Gasteiger partial charge is 0.261 e. The number of anilines is 1. The van der Waals surface area contributed by atoms with Gasteiger partial charge in [0.05, 0.1) is 4.88 Å². The molecule has 0 aliphatic heterocycles. The fourth-order valence-electron chi connectivity index (χ4n) is 1.31. The summed E-state index contributed by atoms with van der Waals surface area (Å²) in [6.07, 6.45) is 0.204. The van der Waals surface area contributed by atoms with Gasteiger partial charge in [-0.05, 0) is 18.4 Å². The maximum Gasteiger partial charge on any atom is 0.261 e. The zero-order valence-corrected chi connectivity index (χ0v) is 11.8. The van der Waals surface area contributed by atoms with Crippen molar-refractivity contribution >= 4 is 39.6 Å². The Hall–Kier alpha value is -1.80.